The third-order valence-electron chi connectivity index (χ3n) is 3.37. The number of carbonyl (C=O) groups excluding carboxylic acids is 1. The molecule has 0 aliphatic carbocycles. The van der Waals surface area contributed by atoms with Crippen LogP contribution in [0.5, 0.6) is 0 Å². The van der Waals surface area contributed by atoms with Crippen LogP contribution in [0.25, 0.3) is 0 Å². The molecule has 0 saturated heterocycles. The Kier molecular flexibility index (Phi) is 12.7. The Labute approximate surface area is 193 Å². The van der Waals surface area contributed by atoms with Gasteiger partial charge in [-0.1, -0.05) is 6.58 Å². The summed E-state index contributed by atoms with van der Waals surface area (Å²) in [5, 5.41) is 9.04. The van der Waals surface area contributed by atoms with Crippen LogP contribution in [0.15, 0.2) is 12.3 Å². The summed E-state index contributed by atoms with van der Waals surface area (Å²) in [6.07, 6.45) is -0.104. The smallest absolute Gasteiger partial charge is 0.478 e. The Balaban J connectivity index is 4.61. The lowest BCUT2D eigenvalue weighted by Crippen LogP contribution is -2.58. The molecule has 8 nitrogen and oxygen atoms in total. The Morgan fingerprint density at radius 3 is 1.90 bits per heavy atom. The maximum atomic E-state index is 11.7. The van der Waals surface area contributed by atoms with Gasteiger partial charge in [-0.3, -0.25) is 4.79 Å². The fourth-order valence-electron chi connectivity index (χ4n) is 2.94. The molecule has 0 amide bonds. The minimum absolute atomic E-state index is 0.0329. The number of esters is 1. The minimum Gasteiger partial charge on any atom is -0.513 e. The van der Waals surface area contributed by atoms with Crippen molar-refractivity contribution in [3.63, 3.8) is 0 Å². The van der Waals surface area contributed by atoms with Gasteiger partial charge in [0.2, 0.25) is 0 Å². The van der Waals surface area contributed by atoms with Crippen molar-refractivity contribution in [3.05, 3.63) is 12.3 Å². The lowest BCUT2D eigenvalue weighted by molar-refractivity contribution is -0.151. The van der Waals surface area contributed by atoms with E-state index in [0.717, 1.165) is 0 Å². The minimum atomic E-state index is -2.92. The highest BCUT2D eigenvalue weighted by atomic mass is 28.5. The van der Waals surface area contributed by atoms with E-state index in [1.54, 1.807) is 6.92 Å². The molecular formula is C19H44O8Si4. The summed E-state index contributed by atoms with van der Waals surface area (Å²) in [4.78, 5) is 11.7. The zero-order chi connectivity index (χ0) is 24.5. The second-order valence-corrected chi connectivity index (χ2v) is 25.8. The zero-order valence-electron chi connectivity index (χ0n) is 21.1. The predicted molar refractivity (Wildman–Crippen MR) is 132 cm³/mol. The Hall–Kier alpha value is -0.322. The molecule has 0 aromatic carbocycles. The van der Waals surface area contributed by atoms with E-state index in [-0.39, 0.29) is 25.2 Å². The summed E-state index contributed by atoms with van der Waals surface area (Å²) in [7, 11) is -9.01. The number of ether oxygens (including phenoxy) is 2. The van der Waals surface area contributed by atoms with Gasteiger partial charge in [0.25, 0.3) is 0 Å². The SMILES string of the molecule is C=C(O)CCC(=O)OC(C)COCCO[Si](C)(O[Si](C)(C)C)O[Si](C)(C)O[Si](C)(C)C. The first-order valence-electron chi connectivity index (χ1n) is 10.7. The van der Waals surface area contributed by atoms with Gasteiger partial charge in [0, 0.05) is 13.0 Å². The van der Waals surface area contributed by atoms with Crippen LogP contribution in [-0.4, -0.2) is 71.0 Å². The molecule has 1 N–H and O–H groups in total. The molecule has 0 heterocycles. The zero-order valence-corrected chi connectivity index (χ0v) is 25.1. The molecule has 31 heavy (non-hydrogen) atoms. The fraction of sp³-hybridized carbons (Fsp3) is 0.842. The van der Waals surface area contributed by atoms with Crippen molar-refractivity contribution in [3.8, 4) is 0 Å². The highest BCUT2D eigenvalue weighted by Gasteiger charge is 2.46. The fourth-order valence-corrected chi connectivity index (χ4v) is 18.9. The number of hydrogen-bond donors (Lipinski definition) is 1. The molecule has 2 atom stereocenters. The molecule has 0 spiro atoms. The van der Waals surface area contributed by atoms with Crippen LogP contribution in [0.4, 0.5) is 0 Å². The molecule has 0 saturated carbocycles. The molecule has 2 unspecified atom stereocenters. The van der Waals surface area contributed by atoms with Crippen molar-refractivity contribution in [1.82, 2.24) is 0 Å². The van der Waals surface area contributed by atoms with E-state index in [0.29, 0.717) is 13.2 Å². The maximum Gasteiger partial charge on any atom is 0.478 e. The van der Waals surface area contributed by atoms with Crippen LogP contribution in [0.2, 0.25) is 58.9 Å². The van der Waals surface area contributed by atoms with Gasteiger partial charge in [-0.2, -0.15) is 0 Å². The van der Waals surface area contributed by atoms with E-state index in [1.165, 1.54) is 0 Å². The summed E-state index contributed by atoms with van der Waals surface area (Å²) >= 11 is 0. The highest BCUT2D eigenvalue weighted by Crippen LogP contribution is 2.24. The van der Waals surface area contributed by atoms with Crippen molar-refractivity contribution >= 4 is 40.0 Å². The molecule has 12 heteroatoms. The van der Waals surface area contributed by atoms with Crippen molar-refractivity contribution in [2.75, 3.05) is 19.8 Å². The van der Waals surface area contributed by atoms with Crippen LogP contribution >= 0.6 is 0 Å². The van der Waals surface area contributed by atoms with E-state index >= 15 is 0 Å². The van der Waals surface area contributed by atoms with Gasteiger partial charge in [-0.15, -0.1) is 0 Å². The van der Waals surface area contributed by atoms with Crippen LogP contribution in [-0.2, 0) is 31.0 Å². The molecule has 0 aromatic heterocycles. The molecule has 0 fully saturated rings. The average Bonchev–Trinajstić information content (AvgIpc) is 2.47. The van der Waals surface area contributed by atoms with Crippen LogP contribution < -0.4 is 0 Å². The summed E-state index contributed by atoms with van der Waals surface area (Å²) in [6.45, 7) is 24.7. The van der Waals surface area contributed by atoms with Gasteiger partial charge < -0.3 is 31.4 Å². The second kappa shape index (κ2) is 12.8. The molecule has 0 rings (SSSR count). The number of carbonyl (C=O) groups is 1. The molecule has 184 valence electrons. The molecule has 0 aromatic rings. The largest absolute Gasteiger partial charge is 0.513 e. The Bertz CT molecular complexity index is 574. The van der Waals surface area contributed by atoms with Crippen molar-refractivity contribution < 1.29 is 36.1 Å². The monoisotopic (exact) mass is 512 g/mol. The van der Waals surface area contributed by atoms with E-state index < -0.39 is 46.1 Å². The van der Waals surface area contributed by atoms with Crippen LogP contribution in [0.3, 0.4) is 0 Å². The van der Waals surface area contributed by atoms with E-state index in [4.69, 9.17) is 31.4 Å². The van der Waals surface area contributed by atoms with Gasteiger partial charge in [0.1, 0.15) is 6.10 Å². The molecule has 0 aliphatic rings. The van der Waals surface area contributed by atoms with E-state index in [9.17, 15) is 4.79 Å². The summed E-state index contributed by atoms with van der Waals surface area (Å²) < 4.78 is 36.0. The summed E-state index contributed by atoms with van der Waals surface area (Å²) in [6, 6.07) is 0. The van der Waals surface area contributed by atoms with Crippen LogP contribution in [0.1, 0.15) is 19.8 Å². The number of aliphatic hydroxyl groups excluding tert-OH is 1. The maximum absolute atomic E-state index is 11.7. The highest BCUT2D eigenvalue weighted by molar-refractivity contribution is 6.87. The number of aliphatic hydroxyl groups is 1. The lowest BCUT2D eigenvalue weighted by atomic mass is 10.3. The average molecular weight is 513 g/mol. The first-order chi connectivity index (χ1) is 13.8. The standard InChI is InChI=1S/C19H44O8Si4/c1-17(20)12-13-19(21)24-18(2)16-22-14-15-23-31(11,26-29(6,7)8)27-30(9,10)25-28(3,4)5/h18,20H,1,12-16H2,2-11H3. The summed E-state index contributed by atoms with van der Waals surface area (Å²) in [5.41, 5.74) is 0. The van der Waals surface area contributed by atoms with Crippen LogP contribution in [0, 0.1) is 0 Å². The Morgan fingerprint density at radius 1 is 0.871 bits per heavy atom. The third kappa shape index (κ3) is 17.9. The van der Waals surface area contributed by atoms with E-state index in [1.807, 2.05) is 19.6 Å². The van der Waals surface area contributed by atoms with Gasteiger partial charge in [0.15, 0.2) is 16.6 Å². The van der Waals surface area contributed by atoms with Gasteiger partial charge in [-0.25, -0.2) is 0 Å². The second-order valence-electron chi connectivity index (χ2n) is 10.1. The number of hydrogen-bond acceptors (Lipinski definition) is 8. The third-order valence-corrected chi connectivity index (χ3v) is 15.9. The van der Waals surface area contributed by atoms with Crippen molar-refractivity contribution in [2.24, 2.45) is 0 Å². The van der Waals surface area contributed by atoms with Crippen molar-refractivity contribution in [1.29, 1.82) is 0 Å². The number of rotatable bonds is 16. The molecule has 0 bridgehead atoms. The molecular weight excluding hydrogens is 469 g/mol. The first kappa shape index (κ1) is 30.7. The van der Waals surface area contributed by atoms with Gasteiger partial charge in [0.05, 0.1) is 32.0 Å². The summed E-state index contributed by atoms with van der Waals surface area (Å²) in [5.74, 6) is -0.427. The number of allylic oxidation sites excluding steroid dienone is 1. The molecule has 0 aliphatic heterocycles. The first-order valence-corrected chi connectivity index (χ1v) is 22.6. The topological polar surface area (TPSA) is 92.7 Å². The van der Waals surface area contributed by atoms with Gasteiger partial charge in [-0.05, 0) is 59.3 Å². The van der Waals surface area contributed by atoms with Gasteiger partial charge >= 0.3 is 23.3 Å². The molecule has 0 radical (unpaired) electrons. The lowest BCUT2D eigenvalue weighted by Gasteiger charge is -2.40. The quantitative estimate of drug-likeness (QED) is 0.136. The Morgan fingerprint density at radius 2 is 1.42 bits per heavy atom. The van der Waals surface area contributed by atoms with E-state index in [2.05, 4.69) is 45.9 Å². The van der Waals surface area contributed by atoms with Crippen molar-refractivity contribution in [2.45, 2.75) is 84.8 Å². The predicted octanol–water partition coefficient (Wildman–Crippen LogP) is 4.79. The normalized spacial score (nSPS) is 15.9.